The molecule has 1 aromatic rings. The number of hydrogen-bond acceptors (Lipinski definition) is 9. The van der Waals surface area contributed by atoms with E-state index in [1.807, 2.05) is 0 Å². The Bertz CT molecular complexity index is 1200. The number of esters is 1. The SMILES string of the molecule is CCCCCCCCCCCCCCCCC(=O)OCOC(=O)N(CC)[C@H]1C[C@H](C)S(=O)(=O)c2sc(S(N)(=O)=O)cc21. The minimum Gasteiger partial charge on any atom is -0.428 e. The number of primary sulfonamides is 1. The van der Waals surface area contributed by atoms with Gasteiger partial charge in [0.25, 0.3) is 0 Å². The van der Waals surface area contributed by atoms with E-state index in [-0.39, 0.29) is 33.4 Å². The van der Waals surface area contributed by atoms with Gasteiger partial charge < -0.3 is 14.4 Å². The van der Waals surface area contributed by atoms with Gasteiger partial charge in [-0.2, -0.15) is 0 Å². The van der Waals surface area contributed by atoms with Crippen LogP contribution in [0, 0.1) is 0 Å². The minimum atomic E-state index is -4.13. The van der Waals surface area contributed by atoms with Gasteiger partial charge in [0, 0.05) is 18.5 Å². The van der Waals surface area contributed by atoms with Gasteiger partial charge in [0.2, 0.25) is 16.8 Å². The Kier molecular flexibility index (Phi) is 15.8. The molecule has 0 fully saturated rings. The number of rotatable bonds is 20. The maximum Gasteiger partial charge on any atom is 0.413 e. The zero-order valence-electron chi connectivity index (χ0n) is 25.5. The molecule has 2 rings (SSSR count). The zero-order valence-corrected chi connectivity index (χ0v) is 27.9. The summed E-state index contributed by atoms with van der Waals surface area (Å²) < 4.78 is 59.3. The molecule has 1 amide bonds. The Morgan fingerprint density at radius 1 is 0.929 bits per heavy atom. The minimum absolute atomic E-state index is 0.0674. The lowest BCUT2D eigenvalue weighted by molar-refractivity contribution is -0.152. The number of carbonyl (C=O) groups excluding carboxylic acids is 2. The molecule has 1 aliphatic heterocycles. The summed E-state index contributed by atoms with van der Waals surface area (Å²) in [6, 6.07) is 0.490. The number of nitrogens with two attached hydrogens (primary N) is 1. The molecular formula is C29H50N2O8S3. The van der Waals surface area contributed by atoms with Gasteiger partial charge in [0.05, 0.1) is 11.3 Å². The number of thiophene rings is 1. The number of fused-ring (bicyclic) bond motifs is 1. The van der Waals surface area contributed by atoms with E-state index in [0.717, 1.165) is 12.8 Å². The summed E-state index contributed by atoms with van der Waals surface area (Å²) in [5.74, 6) is -0.444. The normalized spacial score (nSPS) is 17.9. The number of nitrogens with zero attached hydrogens (tertiary/aromatic N) is 1. The van der Waals surface area contributed by atoms with Gasteiger partial charge in [-0.05, 0) is 32.8 Å². The van der Waals surface area contributed by atoms with Crippen LogP contribution in [0.25, 0.3) is 0 Å². The molecular weight excluding hydrogens is 601 g/mol. The Hall–Kier alpha value is -1.70. The molecule has 13 heteroatoms. The highest BCUT2D eigenvalue weighted by Gasteiger charge is 2.42. The standard InChI is InChI=1S/C29H50N2O8S3/c1-4-6-7-8-9-10-11-12-13-14-15-16-17-18-19-26(32)38-22-39-29(33)31(5-2)25-20-23(3)41(34,35)28-24(25)21-27(40-28)42(30,36)37/h21,23,25H,4-20,22H2,1-3H3,(H2,30,36,37)/t23-,25-/m0/s1. The van der Waals surface area contributed by atoms with Crippen LogP contribution in [0.1, 0.15) is 135 Å². The summed E-state index contributed by atoms with van der Waals surface area (Å²) in [6.07, 6.45) is 16.7. The molecule has 0 radical (unpaired) electrons. The highest BCUT2D eigenvalue weighted by Crippen LogP contribution is 2.45. The average Bonchev–Trinajstić information content (AvgIpc) is 3.40. The van der Waals surface area contributed by atoms with Crippen molar-refractivity contribution in [2.24, 2.45) is 5.14 Å². The zero-order chi connectivity index (χ0) is 31.2. The van der Waals surface area contributed by atoms with Crippen LogP contribution in [-0.4, -0.2) is 52.4 Å². The first-order chi connectivity index (χ1) is 19.9. The van der Waals surface area contributed by atoms with Crippen LogP contribution in [0.3, 0.4) is 0 Å². The van der Waals surface area contributed by atoms with Crippen molar-refractivity contribution >= 4 is 43.3 Å². The summed E-state index contributed by atoms with van der Waals surface area (Å²) in [5.41, 5.74) is 0.204. The van der Waals surface area contributed by atoms with Crippen molar-refractivity contribution in [1.29, 1.82) is 0 Å². The summed E-state index contributed by atoms with van der Waals surface area (Å²) in [7, 11) is -7.89. The fourth-order valence-electron chi connectivity index (χ4n) is 5.25. The van der Waals surface area contributed by atoms with E-state index in [2.05, 4.69) is 6.92 Å². The summed E-state index contributed by atoms with van der Waals surface area (Å²) in [5, 5.41) is 4.39. The number of ether oxygens (including phenoxy) is 2. The van der Waals surface area contributed by atoms with Crippen LogP contribution >= 0.6 is 11.3 Å². The second-order valence-corrected chi connectivity index (χ2v) is 16.5. The van der Waals surface area contributed by atoms with E-state index in [4.69, 9.17) is 14.6 Å². The van der Waals surface area contributed by atoms with E-state index in [0.29, 0.717) is 17.8 Å². The fourth-order valence-corrected chi connectivity index (χ4v) is 9.64. The summed E-state index contributed by atoms with van der Waals surface area (Å²) >= 11 is 0.589. The molecule has 1 aromatic heterocycles. The van der Waals surface area contributed by atoms with Crippen molar-refractivity contribution in [2.45, 2.75) is 143 Å². The van der Waals surface area contributed by atoms with Crippen LogP contribution in [-0.2, 0) is 34.1 Å². The summed E-state index contributed by atoms with van der Waals surface area (Å²) in [6.45, 7) is 5.07. The first-order valence-corrected chi connectivity index (χ1v) is 19.3. The first kappa shape index (κ1) is 36.5. The third-order valence-electron chi connectivity index (χ3n) is 7.77. The first-order valence-electron chi connectivity index (χ1n) is 15.4. The van der Waals surface area contributed by atoms with Gasteiger partial charge in [-0.3, -0.25) is 4.79 Å². The van der Waals surface area contributed by atoms with Crippen LogP contribution in [0.4, 0.5) is 4.79 Å². The number of unbranched alkanes of at least 4 members (excludes halogenated alkanes) is 13. The average molecular weight is 651 g/mol. The Labute approximate surface area is 256 Å². The van der Waals surface area contributed by atoms with E-state index in [1.54, 1.807) is 6.92 Å². The Morgan fingerprint density at radius 2 is 1.45 bits per heavy atom. The Morgan fingerprint density at radius 3 is 1.95 bits per heavy atom. The van der Waals surface area contributed by atoms with Crippen LogP contribution in [0.15, 0.2) is 14.5 Å². The van der Waals surface area contributed by atoms with Gasteiger partial charge >= 0.3 is 12.1 Å². The second-order valence-electron chi connectivity index (χ2n) is 11.1. The molecule has 2 heterocycles. The van der Waals surface area contributed by atoms with Crippen LogP contribution < -0.4 is 5.14 Å². The van der Waals surface area contributed by atoms with Gasteiger partial charge in [0.1, 0.15) is 8.42 Å². The van der Waals surface area contributed by atoms with Crippen LogP contribution in [0.5, 0.6) is 0 Å². The van der Waals surface area contributed by atoms with Gasteiger partial charge in [-0.15, -0.1) is 11.3 Å². The van der Waals surface area contributed by atoms with Crippen molar-refractivity contribution in [1.82, 2.24) is 4.90 Å². The molecule has 0 aromatic carbocycles. The van der Waals surface area contributed by atoms with E-state index < -0.39 is 50.0 Å². The van der Waals surface area contributed by atoms with Gasteiger partial charge in [0.15, 0.2) is 9.84 Å². The van der Waals surface area contributed by atoms with Gasteiger partial charge in [-0.25, -0.2) is 26.8 Å². The van der Waals surface area contributed by atoms with Crippen molar-refractivity contribution in [3.8, 4) is 0 Å². The number of hydrogen-bond donors (Lipinski definition) is 1. The smallest absolute Gasteiger partial charge is 0.413 e. The third-order valence-corrected chi connectivity index (χ3v) is 13.1. The topological polar surface area (TPSA) is 150 Å². The third kappa shape index (κ3) is 11.4. The lowest BCUT2D eigenvalue weighted by Gasteiger charge is -2.35. The number of carbonyl (C=O) groups is 2. The Balaban J connectivity index is 1.67. The molecule has 0 saturated carbocycles. The molecule has 0 spiro atoms. The number of sulfonamides is 1. The molecule has 0 saturated heterocycles. The molecule has 42 heavy (non-hydrogen) atoms. The van der Waals surface area contributed by atoms with E-state index in [1.165, 1.54) is 88.5 Å². The lowest BCUT2D eigenvalue weighted by Crippen LogP contribution is -2.40. The molecule has 0 bridgehead atoms. The number of sulfone groups is 1. The number of amides is 1. The highest BCUT2D eigenvalue weighted by atomic mass is 32.3. The monoisotopic (exact) mass is 650 g/mol. The predicted octanol–water partition coefficient (Wildman–Crippen LogP) is 6.83. The van der Waals surface area contributed by atoms with Crippen molar-refractivity contribution in [3.63, 3.8) is 0 Å². The summed E-state index contributed by atoms with van der Waals surface area (Å²) in [4.78, 5) is 26.3. The quantitative estimate of drug-likeness (QED) is 0.0916. The highest BCUT2D eigenvalue weighted by molar-refractivity contribution is 7.95. The predicted molar refractivity (Wildman–Crippen MR) is 164 cm³/mol. The molecule has 2 atom stereocenters. The largest absolute Gasteiger partial charge is 0.428 e. The second kappa shape index (κ2) is 18.2. The van der Waals surface area contributed by atoms with E-state index >= 15 is 0 Å². The fraction of sp³-hybridized carbons (Fsp3) is 0.793. The molecule has 0 aliphatic carbocycles. The molecule has 242 valence electrons. The van der Waals surface area contributed by atoms with Crippen molar-refractivity contribution in [3.05, 3.63) is 11.6 Å². The maximum absolute atomic E-state index is 12.9. The molecule has 0 unspecified atom stereocenters. The van der Waals surface area contributed by atoms with E-state index in [9.17, 15) is 26.4 Å². The van der Waals surface area contributed by atoms with Gasteiger partial charge in [-0.1, -0.05) is 90.4 Å². The molecule has 2 N–H and O–H groups in total. The van der Waals surface area contributed by atoms with Crippen molar-refractivity contribution < 1.29 is 35.9 Å². The maximum atomic E-state index is 12.9. The molecule has 1 aliphatic rings. The van der Waals surface area contributed by atoms with Crippen LogP contribution in [0.2, 0.25) is 0 Å². The lowest BCUT2D eigenvalue weighted by atomic mass is 10.0. The molecule has 10 nitrogen and oxygen atoms in total. The van der Waals surface area contributed by atoms with Crippen molar-refractivity contribution in [2.75, 3.05) is 13.3 Å².